The van der Waals surface area contributed by atoms with E-state index in [2.05, 4.69) is 17.1 Å². The van der Waals surface area contributed by atoms with Gasteiger partial charge in [0.25, 0.3) is 0 Å². The van der Waals surface area contributed by atoms with Crippen LogP contribution < -0.4 is 5.32 Å². The van der Waals surface area contributed by atoms with Crippen molar-refractivity contribution in [3.63, 3.8) is 0 Å². The summed E-state index contributed by atoms with van der Waals surface area (Å²) in [4.78, 5) is 14.2. The largest absolute Gasteiger partial charge is 0.351 e. The Hall–Kier alpha value is -1.06. The van der Waals surface area contributed by atoms with Gasteiger partial charge in [-0.15, -0.1) is 0 Å². The van der Waals surface area contributed by atoms with Gasteiger partial charge in [-0.2, -0.15) is 0 Å². The molecule has 0 aliphatic carbocycles. The molecule has 104 valence electrons. The molecule has 0 bridgehead atoms. The first-order chi connectivity index (χ1) is 9.15. The normalized spacial score (nSPS) is 20.2. The zero-order valence-electron chi connectivity index (χ0n) is 11.4. The molecule has 1 fully saturated rings. The highest BCUT2D eigenvalue weighted by Crippen LogP contribution is 2.15. The van der Waals surface area contributed by atoms with Gasteiger partial charge in [0.05, 0.1) is 6.54 Å². The van der Waals surface area contributed by atoms with E-state index in [9.17, 15) is 4.79 Å². The molecular formula is C15H21ClN2O. The number of nitrogens with one attached hydrogen (secondary N) is 1. The molecule has 1 aliphatic rings. The topological polar surface area (TPSA) is 32.3 Å². The van der Waals surface area contributed by atoms with E-state index < -0.39 is 0 Å². The first kappa shape index (κ1) is 14.4. The van der Waals surface area contributed by atoms with Crippen LogP contribution in [0.4, 0.5) is 0 Å². The fourth-order valence-electron chi connectivity index (χ4n) is 2.48. The summed E-state index contributed by atoms with van der Waals surface area (Å²) in [5.74, 6) is 0.0914. The standard InChI is InChI=1S/C15H21ClN2O/c1-12-5-2-3-8-18(12)11-15(19)17-10-13-6-4-7-14(16)9-13/h4,6-7,9,12H,2-3,5,8,10-11H2,1H3,(H,17,19)/t12-/m0/s1. The maximum Gasteiger partial charge on any atom is 0.234 e. The molecule has 0 unspecified atom stereocenters. The van der Waals surface area contributed by atoms with E-state index in [4.69, 9.17) is 11.6 Å². The first-order valence-electron chi connectivity index (χ1n) is 6.90. The van der Waals surface area contributed by atoms with Crippen LogP contribution >= 0.6 is 11.6 Å². The predicted octanol–water partition coefficient (Wildman–Crippen LogP) is 2.83. The van der Waals surface area contributed by atoms with Gasteiger partial charge in [0.15, 0.2) is 0 Å². The van der Waals surface area contributed by atoms with E-state index in [1.165, 1.54) is 19.3 Å². The number of likely N-dealkylation sites (tertiary alicyclic amines) is 1. The number of nitrogens with zero attached hydrogens (tertiary/aromatic N) is 1. The van der Waals surface area contributed by atoms with E-state index in [0.29, 0.717) is 24.2 Å². The third kappa shape index (κ3) is 4.51. The van der Waals surface area contributed by atoms with Crippen LogP contribution in [0.25, 0.3) is 0 Å². The van der Waals surface area contributed by atoms with Crippen LogP contribution in [0.15, 0.2) is 24.3 Å². The molecular weight excluding hydrogens is 260 g/mol. The van der Waals surface area contributed by atoms with Crippen LogP contribution in [0.3, 0.4) is 0 Å². The second kappa shape index (κ2) is 6.92. The Labute approximate surface area is 119 Å². The van der Waals surface area contributed by atoms with Gasteiger partial charge in [0, 0.05) is 17.6 Å². The number of halogens is 1. The van der Waals surface area contributed by atoms with Gasteiger partial charge in [0.1, 0.15) is 0 Å². The quantitative estimate of drug-likeness (QED) is 0.920. The second-order valence-electron chi connectivity index (χ2n) is 5.22. The number of amides is 1. The molecule has 3 nitrogen and oxygen atoms in total. The molecule has 1 aliphatic heterocycles. The van der Waals surface area contributed by atoms with Crippen LogP contribution in [0.2, 0.25) is 5.02 Å². The smallest absolute Gasteiger partial charge is 0.234 e. The van der Waals surface area contributed by atoms with Gasteiger partial charge < -0.3 is 5.32 Å². The minimum Gasteiger partial charge on any atom is -0.351 e. The Morgan fingerprint density at radius 1 is 1.47 bits per heavy atom. The lowest BCUT2D eigenvalue weighted by atomic mass is 10.0. The molecule has 1 heterocycles. The predicted molar refractivity (Wildman–Crippen MR) is 78.2 cm³/mol. The summed E-state index contributed by atoms with van der Waals surface area (Å²) < 4.78 is 0. The Balaban J connectivity index is 1.78. The van der Waals surface area contributed by atoms with Crippen molar-refractivity contribution >= 4 is 17.5 Å². The SMILES string of the molecule is C[C@H]1CCCCN1CC(=O)NCc1cccc(Cl)c1. The molecule has 0 spiro atoms. The molecule has 4 heteroatoms. The molecule has 0 saturated carbocycles. The summed E-state index contributed by atoms with van der Waals surface area (Å²) in [5.41, 5.74) is 1.03. The van der Waals surface area contributed by atoms with Gasteiger partial charge in [-0.05, 0) is 44.0 Å². The molecule has 1 aromatic carbocycles. The van der Waals surface area contributed by atoms with Crippen molar-refractivity contribution in [2.75, 3.05) is 13.1 Å². The van der Waals surface area contributed by atoms with E-state index in [1.807, 2.05) is 24.3 Å². The Kier molecular flexibility index (Phi) is 5.23. The number of hydrogen-bond donors (Lipinski definition) is 1. The van der Waals surface area contributed by atoms with Crippen LogP contribution in [-0.4, -0.2) is 29.9 Å². The lowest BCUT2D eigenvalue weighted by molar-refractivity contribution is -0.123. The van der Waals surface area contributed by atoms with Crippen molar-refractivity contribution in [3.8, 4) is 0 Å². The van der Waals surface area contributed by atoms with Crippen LogP contribution in [0.1, 0.15) is 31.7 Å². The summed E-state index contributed by atoms with van der Waals surface area (Å²) in [6.07, 6.45) is 3.68. The van der Waals surface area contributed by atoms with E-state index >= 15 is 0 Å². The minimum absolute atomic E-state index is 0.0914. The van der Waals surface area contributed by atoms with Crippen molar-refractivity contribution < 1.29 is 4.79 Å². The second-order valence-corrected chi connectivity index (χ2v) is 5.66. The van der Waals surface area contributed by atoms with Gasteiger partial charge in [-0.1, -0.05) is 30.2 Å². The summed E-state index contributed by atoms with van der Waals surface area (Å²) in [7, 11) is 0. The van der Waals surface area contributed by atoms with E-state index in [1.54, 1.807) is 0 Å². The molecule has 1 atom stereocenters. The molecule has 2 rings (SSSR count). The lowest BCUT2D eigenvalue weighted by Crippen LogP contribution is -2.44. The molecule has 1 saturated heterocycles. The fourth-order valence-corrected chi connectivity index (χ4v) is 2.69. The molecule has 0 radical (unpaired) electrons. The highest BCUT2D eigenvalue weighted by molar-refractivity contribution is 6.30. The summed E-state index contributed by atoms with van der Waals surface area (Å²) in [6, 6.07) is 8.10. The molecule has 1 aromatic rings. The van der Waals surface area contributed by atoms with E-state index in [-0.39, 0.29) is 5.91 Å². The Morgan fingerprint density at radius 2 is 2.32 bits per heavy atom. The van der Waals surface area contributed by atoms with Crippen molar-refractivity contribution in [2.45, 2.75) is 38.8 Å². The van der Waals surface area contributed by atoms with E-state index in [0.717, 1.165) is 12.1 Å². The fraction of sp³-hybridized carbons (Fsp3) is 0.533. The summed E-state index contributed by atoms with van der Waals surface area (Å²) in [5, 5.41) is 3.66. The number of carbonyl (C=O) groups is 1. The van der Waals surface area contributed by atoms with Crippen molar-refractivity contribution in [3.05, 3.63) is 34.9 Å². The van der Waals surface area contributed by atoms with Gasteiger partial charge in [-0.25, -0.2) is 0 Å². The van der Waals surface area contributed by atoms with Crippen molar-refractivity contribution in [1.82, 2.24) is 10.2 Å². The first-order valence-corrected chi connectivity index (χ1v) is 7.28. The molecule has 19 heavy (non-hydrogen) atoms. The zero-order valence-corrected chi connectivity index (χ0v) is 12.1. The minimum atomic E-state index is 0.0914. The maximum atomic E-state index is 11.9. The van der Waals surface area contributed by atoms with Crippen LogP contribution in [-0.2, 0) is 11.3 Å². The number of benzene rings is 1. The van der Waals surface area contributed by atoms with Gasteiger partial charge >= 0.3 is 0 Å². The molecule has 1 N–H and O–H groups in total. The third-order valence-electron chi connectivity index (χ3n) is 3.67. The Morgan fingerprint density at radius 3 is 3.05 bits per heavy atom. The summed E-state index contributed by atoms with van der Waals surface area (Å²) >= 11 is 5.91. The monoisotopic (exact) mass is 280 g/mol. The maximum absolute atomic E-state index is 11.9. The average Bonchev–Trinajstić information content (AvgIpc) is 2.39. The number of rotatable bonds is 4. The zero-order chi connectivity index (χ0) is 13.7. The number of hydrogen-bond acceptors (Lipinski definition) is 2. The molecule has 0 aromatic heterocycles. The van der Waals surface area contributed by atoms with Crippen molar-refractivity contribution in [2.24, 2.45) is 0 Å². The number of carbonyl (C=O) groups excluding carboxylic acids is 1. The van der Waals surface area contributed by atoms with Gasteiger partial charge in [-0.3, -0.25) is 9.69 Å². The van der Waals surface area contributed by atoms with Crippen LogP contribution in [0, 0.1) is 0 Å². The lowest BCUT2D eigenvalue weighted by Gasteiger charge is -2.32. The highest BCUT2D eigenvalue weighted by atomic mass is 35.5. The number of piperidine rings is 1. The highest BCUT2D eigenvalue weighted by Gasteiger charge is 2.20. The average molecular weight is 281 g/mol. The van der Waals surface area contributed by atoms with Crippen LogP contribution in [0.5, 0.6) is 0 Å². The van der Waals surface area contributed by atoms with Crippen molar-refractivity contribution in [1.29, 1.82) is 0 Å². The third-order valence-corrected chi connectivity index (χ3v) is 3.90. The Bertz CT molecular complexity index is 436. The van der Waals surface area contributed by atoms with Gasteiger partial charge in [0.2, 0.25) is 5.91 Å². The summed E-state index contributed by atoms with van der Waals surface area (Å²) in [6.45, 7) is 4.28. The molecule has 1 amide bonds.